The van der Waals surface area contributed by atoms with Crippen LogP contribution in [-0.2, 0) is 13.2 Å². The van der Waals surface area contributed by atoms with E-state index < -0.39 is 11.7 Å². The molecule has 2 fully saturated rings. The first-order valence-corrected chi connectivity index (χ1v) is 12.6. The lowest BCUT2D eigenvalue weighted by Gasteiger charge is -2.16. The fraction of sp³-hybridized carbons (Fsp3) is 0.480. The first-order chi connectivity index (χ1) is 16.3. The maximum atomic E-state index is 12.8. The molecule has 0 bridgehead atoms. The zero-order valence-electron chi connectivity index (χ0n) is 19.3. The minimum absolute atomic E-state index is 0.256. The van der Waals surface area contributed by atoms with Crippen LogP contribution in [-0.4, -0.2) is 50.0 Å². The molecule has 3 aromatic rings. The van der Waals surface area contributed by atoms with Gasteiger partial charge in [-0.15, -0.1) is 10.2 Å². The second-order valence-corrected chi connectivity index (χ2v) is 10.6. The van der Waals surface area contributed by atoms with Crippen LogP contribution in [0.4, 0.5) is 13.2 Å². The number of likely N-dealkylation sites (tertiary alicyclic amines) is 1. The fourth-order valence-electron chi connectivity index (χ4n) is 5.17. The number of thioether (sulfide) groups is 1. The van der Waals surface area contributed by atoms with Crippen LogP contribution in [0.5, 0.6) is 0 Å². The molecule has 180 valence electrons. The Morgan fingerprint density at radius 2 is 1.94 bits per heavy atom. The highest BCUT2D eigenvalue weighted by Gasteiger charge is 2.57. The largest absolute Gasteiger partial charge is 0.416 e. The lowest BCUT2D eigenvalue weighted by Crippen LogP contribution is -2.23. The van der Waals surface area contributed by atoms with Crippen molar-refractivity contribution in [2.45, 2.75) is 43.4 Å². The second kappa shape index (κ2) is 9.00. The molecular formula is C25H28F3N5S. The molecule has 3 heterocycles. The molecule has 0 radical (unpaired) electrons. The van der Waals surface area contributed by atoms with Crippen molar-refractivity contribution in [2.75, 3.05) is 25.4 Å². The molecule has 2 aromatic heterocycles. The highest BCUT2D eigenvalue weighted by molar-refractivity contribution is 7.99. The topological polar surface area (TPSA) is 46.8 Å². The van der Waals surface area contributed by atoms with E-state index in [0.717, 1.165) is 72.5 Å². The van der Waals surface area contributed by atoms with Gasteiger partial charge in [-0.05, 0) is 79.9 Å². The molecule has 1 saturated heterocycles. The summed E-state index contributed by atoms with van der Waals surface area (Å²) in [5.41, 5.74) is 2.67. The standard InChI is InChI=1S/C25H28F3N5S/c1-17-5-3-11-29-21(17)22-30-31-23(32(22)2)34-14-4-12-33-13-10-24(16-33)15-20(24)18-6-8-19(9-7-18)25(26,27)28/h3,5-9,11,20H,4,10,12-16H2,1-2H3/t20-,24+/m1/s1. The number of aryl methyl sites for hydroxylation is 1. The zero-order valence-corrected chi connectivity index (χ0v) is 20.2. The quantitative estimate of drug-likeness (QED) is 0.322. The van der Waals surface area contributed by atoms with Gasteiger partial charge < -0.3 is 9.47 Å². The van der Waals surface area contributed by atoms with Gasteiger partial charge in [-0.1, -0.05) is 30.0 Å². The van der Waals surface area contributed by atoms with Gasteiger partial charge in [0.1, 0.15) is 5.69 Å². The Labute approximate surface area is 201 Å². The number of pyridine rings is 1. The van der Waals surface area contributed by atoms with Gasteiger partial charge in [0.2, 0.25) is 0 Å². The van der Waals surface area contributed by atoms with Gasteiger partial charge in [0.15, 0.2) is 11.0 Å². The van der Waals surface area contributed by atoms with E-state index >= 15 is 0 Å². The highest BCUT2D eigenvalue weighted by atomic mass is 32.2. The van der Waals surface area contributed by atoms with Crippen LogP contribution in [0, 0.1) is 12.3 Å². The molecule has 1 spiro atoms. The third-order valence-corrected chi connectivity index (χ3v) is 8.31. The Morgan fingerprint density at radius 3 is 2.68 bits per heavy atom. The van der Waals surface area contributed by atoms with Crippen LogP contribution in [0.2, 0.25) is 0 Å². The number of hydrogen-bond donors (Lipinski definition) is 0. The van der Waals surface area contributed by atoms with E-state index in [4.69, 9.17) is 0 Å². The molecule has 34 heavy (non-hydrogen) atoms. The van der Waals surface area contributed by atoms with E-state index in [9.17, 15) is 13.2 Å². The molecule has 0 amide bonds. The van der Waals surface area contributed by atoms with Gasteiger partial charge in [-0.3, -0.25) is 4.98 Å². The Hall–Kier alpha value is -2.39. The Balaban J connectivity index is 1.09. The van der Waals surface area contributed by atoms with Gasteiger partial charge in [-0.25, -0.2) is 0 Å². The second-order valence-electron chi connectivity index (χ2n) is 9.50. The predicted octanol–water partition coefficient (Wildman–Crippen LogP) is 5.57. The van der Waals surface area contributed by atoms with E-state index in [0.29, 0.717) is 5.92 Å². The van der Waals surface area contributed by atoms with E-state index in [-0.39, 0.29) is 5.41 Å². The molecule has 9 heteroatoms. The van der Waals surface area contributed by atoms with Crippen molar-refractivity contribution in [3.8, 4) is 11.5 Å². The number of hydrogen-bond acceptors (Lipinski definition) is 5. The first kappa shape index (κ1) is 23.4. The van der Waals surface area contributed by atoms with Gasteiger partial charge in [0.05, 0.1) is 5.56 Å². The summed E-state index contributed by atoms with van der Waals surface area (Å²) in [4.78, 5) is 6.95. The number of benzene rings is 1. The Bertz CT molecular complexity index is 1160. The van der Waals surface area contributed by atoms with Crippen molar-refractivity contribution in [1.82, 2.24) is 24.6 Å². The van der Waals surface area contributed by atoms with E-state index in [1.165, 1.54) is 12.1 Å². The molecule has 5 nitrogen and oxygen atoms in total. The van der Waals surface area contributed by atoms with Crippen LogP contribution >= 0.6 is 11.8 Å². The average Bonchev–Trinajstić information content (AvgIpc) is 3.16. The zero-order chi connectivity index (χ0) is 23.9. The summed E-state index contributed by atoms with van der Waals surface area (Å²) < 4.78 is 40.5. The van der Waals surface area contributed by atoms with Crippen LogP contribution in [0.3, 0.4) is 0 Å². The SMILES string of the molecule is Cc1cccnc1-c1nnc(SCCCN2CC[C@]3(C[C@@H]3c3ccc(C(F)(F)F)cc3)C2)n1C. The van der Waals surface area contributed by atoms with E-state index in [1.807, 2.05) is 30.7 Å². The van der Waals surface area contributed by atoms with Crippen LogP contribution in [0.15, 0.2) is 47.8 Å². The molecule has 1 aromatic carbocycles. The molecule has 1 aliphatic heterocycles. The van der Waals surface area contributed by atoms with Gasteiger partial charge >= 0.3 is 6.18 Å². The highest BCUT2D eigenvalue weighted by Crippen LogP contribution is 2.64. The van der Waals surface area contributed by atoms with E-state index in [1.54, 1.807) is 30.1 Å². The minimum Gasteiger partial charge on any atom is -0.304 e. The number of halogens is 3. The molecular weight excluding hydrogens is 459 g/mol. The lowest BCUT2D eigenvalue weighted by molar-refractivity contribution is -0.137. The van der Waals surface area contributed by atoms with Crippen molar-refractivity contribution in [2.24, 2.45) is 12.5 Å². The van der Waals surface area contributed by atoms with Gasteiger partial charge in [0, 0.05) is 25.5 Å². The molecule has 0 N–H and O–H groups in total. The maximum absolute atomic E-state index is 12.8. The summed E-state index contributed by atoms with van der Waals surface area (Å²) in [6.07, 6.45) is 0.761. The maximum Gasteiger partial charge on any atom is 0.416 e. The summed E-state index contributed by atoms with van der Waals surface area (Å²) >= 11 is 1.71. The van der Waals surface area contributed by atoms with Crippen molar-refractivity contribution in [1.29, 1.82) is 0 Å². The number of rotatable bonds is 7. The summed E-state index contributed by atoms with van der Waals surface area (Å²) in [6, 6.07) is 9.72. The molecule has 1 aliphatic carbocycles. The van der Waals surface area contributed by atoms with Crippen molar-refractivity contribution in [3.63, 3.8) is 0 Å². The molecule has 1 saturated carbocycles. The fourth-order valence-corrected chi connectivity index (χ4v) is 6.00. The predicted molar refractivity (Wildman–Crippen MR) is 127 cm³/mol. The summed E-state index contributed by atoms with van der Waals surface area (Å²) in [7, 11) is 1.98. The summed E-state index contributed by atoms with van der Waals surface area (Å²) in [5, 5.41) is 9.59. The Morgan fingerprint density at radius 1 is 1.15 bits per heavy atom. The first-order valence-electron chi connectivity index (χ1n) is 11.6. The van der Waals surface area contributed by atoms with Crippen LogP contribution < -0.4 is 0 Å². The Kier molecular flexibility index (Phi) is 6.18. The summed E-state index contributed by atoms with van der Waals surface area (Å²) in [6.45, 7) is 5.15. The average molecular weight is 488 g/mol. The molecule has 2 atom stereocenters. The van der Waals surface area contributed by atoms with Gasteiger partial charge in [0.25, 0.3) is 0 Å². The van der Waals surface area contributed by atoms with Crippen LogP contribution in [0.25, 0.3) is 11.5 Å². The van der Waals surface area contributed by atoms with Crippen molar-refractivity contribution >= 4 is 11.8 Å². The number of nitrogens with zero attached hydrogens (tertiary/aromatic N) is 5. The molecule has 2 aliphatic rings. The lowest BCUT2D eigenvalue weighted by atomic mass is 9.97. The monoisotopic (exact) mass is 487 g/mol. The summed E-state index contributed by atoms with van der Waals surface area (Å²) in [5.74, 6) is 2.13. The third-order valence-electron chi connectivity index (χ3n) is 7.20. The third kappa shape index (κ3) is 4.60. The van der Waals surface area contributed by atoms with Crippen molar-refractivity contribution < 1.29 is 13.2 Å². The van der Waals surface area contributed by atoms with E-state index in [2.05, 4.69) is 20.1 Å². The smallest absolute Gasteiger partial charge is 0.304 e. The van der Waals surface area contributed by atoms with Gasteiger partial charge in [-0.2, -0.15) is 13.2 Å². The molecule has 0 unspecified atom stereocenters. The minimum atomic E-state index is -4.27. The normalized spacial score (nSPS) is 22.6. The molecule has 5 rings (SSSR count). The number of aromatic nitrogens is 4. The van der Waals surface area contributed by atoms with Crippen molar-refractivity contribution in [3.05, 3.63) is 59.3 Å². The number of alkyl halides is 3. The van der Waals surface area contributed by atoms with Crippen LogP contribution in [0.1, 0.15) is 41.9 Å².